The van der Waals surface area contributed by atoms with Crippen molar-refractivity contribution in [3.63, 3.8) is 0 Å². The Hall–Kier alpha value is -2.56. The predicted molar refractivity (Wildman–Crippen MR) is 122 cm³/mol. The summed E-state index contributed by atoms with van der Waals surface area (Å²) >= 11 is 0. The van der Waals surface area contributed by atoms with Crippen molar-refractivity contribution in [1.29, 1.82) is 0 Å². The fraction of sp³-hybridized carbons (Fsp3) is 0.360. The normalized spacial score (nSPS) is 16.6. The smallest absolute Gasteiger partial charge is 0.127 e. The number of nitrogens with one attached hydrogen (secondary N) is 2. The van der Waals surface area contributed by atoms with E-state index in [1.807, 2.05) is 18.2 Å². The van der Waals surface area contributed by atoms with Crippen LogP contribution in [-0.2, 0) is 6.42 Å². The topological polar surface area (TPSA) is 42.5 Å². The Morgan fingerprint density at radius 2 is 1.79 bits per heavy atom. The molecule has 1 saturated heterocycles. The monoisotopic (exact) mass is 392 g/mol. The third-order valence-corrected chi connectivity index (χ3v) is 4.96. The fourth-order valence-electron chi connectivity index (χ4n) is 3.33. The lowest BCUT2D eigenvalue weighted by molar-refractivity contribution is 0.244. The molecule has 0 bridgehead atoms. The SMILES string of the molecule is COc1cc(/C=C/c2ccccc2)cc(OCC2CNCCN2)c1CC=C(C)C. The first-order chi connectivity index (χ1) is 14.2. The van der Waals surface area contributed by atoms with Gasteiger partial charge < -0.3 is 20.1 Å². The molecule has 1 heterocycles. The number of hydrogen-bond donors (Lipinski definition) is 2. The van der Waals surface area contributed by atoms with E-state index in [1.54, 1.807) is 7.11 Å². The summed E-state index contributed by atoms with van der Waals surface area (Å²) in [6.07, 6.45) is 7.22. The van der Waals surface area contributed by atoms with Crippen molar-refractivity contribution in [2.45, 2.75) is 26.3 Å². The van der Waals surface area contributed by atoms with Gasteiger partial charge in [0.2, 0.25) is 0 Å². The first-order valence-electron chi connectivity index (χ1n) is 10.3. The Morgan fingerprint density at radius 1 is 1.03 bits per heavy atom. The van der Waals surface area contributed by atoms with Crippen molar-refractivity contribution in [3.8, 4) is 11.5 Å². The number of methoxy groups -OCH3 is 1. The first kappa shape index (κ1) is 21.2. The molecule has 0 amide bonds. The van der Waals surface area contributed by atoms with Crippen molar-refractivity contribution < 1.29 is 9.47 Å². The Morgan fingerprint density at radius 3 is 2.48 bits per heavy atom. The average Bonchev–Trinajstić information content (AvgIpc) is 2.76. The number of ether oxygens (including phenoxy) is 2. The van der Waals surface area contributed by atoms with Gasteiger partial charge in [-0.25, -0.2) is 0 Å². The summed E-state index contributed by atoms with van der Waals surface area (Å²) in [6.45, 7) is 7.76. The Bertz CT molecular complexity index is 833. The number of piperazine rings is 1. The van der Waals surface area contributed by atoms with Crippen molar-refractivity contribution in [3.05, 3.63) is 70.8 Å². The summed E-state index contributed by atoms with van der Waals surface area (Å²) in [6, 6.07) is 14.8. The molecule has 0 radical (unpaired) electrons. The van der Waals surface area contributed by atoms with Crippen LogP contribution in [0.2, 0.25) is 0 Å². The Labute approximate surface area is 174 Å². The minimum atomic E-state index is 0.314. The van der Waals surface area contributed by atoms with Crippen LogP contribution in [0.3, 0.4) is 0 Å². The predicted octanol–water partition coefficient (Wildman–Crippen LogP) is 4.31. The molecule has 3 rings (SSSR count). The zero-order valence-corrected chi connectivity index (χ0v) is 17.7. The van der Waals surface area contributed by atoms with E-state index in [2.05, 4.69) is 67.0 Å². The zero-order valence-electron chi connectivity index (χ0n) is 17.7. The molecular formula is C25H32N2O2. The molecule has 1 unspecified atom stereocenters. The molecule has 29 heavy (non-hydrogen) atoms. The molecule has 2 aromatic rings. The summed E-state index contributed by atoms with van der Waals surface area (Å²) in [7, 11) is 1.72. The van der Waals surface area contributed by atoms with Gasteiger partial charge in [-0.15, -0.1) is 0 Å². The molecule has 2 N–H and O–H groups in total. The molecule has 0 aromatic heterocycles. The highest BCUT2D eigenvalue weighted by Gasteiger charge is 2.16. The molecule has 1 fully saturated rings. The highest BCUT2D eigenvalue weighted by molar-refractivity contribution is 5.72. The highest BCUT2D eigenvalue weighted by atomic mass is 16.5. The van der Waals surface area contributed by atoms with Crippen molar-refractivity contribution >= 4 is 12.2 Å². The molecule has 1 aliphatic rings. The third kappa shape index (κ3) is 6.48. The van der Waals surface area contributed by atoms with Crippen molar-refractivity contribution in [2.75, 3.05) is 33.4 Å². The van der Waals surface area contributed by atoms with Crippen LogP contribution in [0.15, 0.2) is 54.1 Å². The summed E-state index contributed by atoms with van der Waals surface area (Å²) < 4.78 is 12.0. The van der Waals surface area contributed by atoms with Gasteiger partial charge in [0.25, 0.3) is 0 Å². The van der Waals surface area contributed by atoms with Gasteiger partial charge in [-0.05, 0) is 43.5 Å². The molecule has 4 heteroatoms. The molecule has 0 spiro atoms. The lowest BCUT2D eigenvalue weighted by Gasteiger charge is -2.25. The number of hydrogen-bond acceptors (Lipinski definition) is 4. The quantitative estimate of drug-likeness (QED) is 0.519. The lowest BCUT2D eigenvalue weighted by atomic mass is 10.0. The highest BCUT2D eigenvalue weighted by Crippen LogP contribution is 2.33. The van der Waals surface area contributed by atoms with Gasteiger partial charge >= 0.3 is 0 Å². The van der Waals surface area contributed by atoms with Crippen LogP contribution in [-0.4, -0.2) is 39.4 Å². The van der Waals surface area contributed by atoms with Gasteiger partial charge in [-0.3, -0.25) is 0 Å². The molecule has 0 saturated carbocycles. The number of allylic oxidation sites excluding steroid dienone is 2. The number of benzene rings is 2. The van der Waals surface area contributed by atoms with Crippen LogP contribution < -0.4 is 20.1 Å². The van der Waals surface area contributed by atoms with E-state index in [4.69, 9.17) is 9.47 Å². The minimum absolute atomic E-state index is 0.314. The molecule has 1 atom stereocenters. The van der Waals surface area contributed by atoms with Crippen LogP contribution in [0.5, 0.6) is 11.5 Å². The standard InChI is InChI=1S/C25H32N2O2/c1-19(2)9-12-23-24(28-3)15-21(11-10-20-7-5-4-6-8-20)16-25(23)29-18-22-17-26-13-14-27-22/h4-11,15-16,22,26-27H,12-14,17-18H2,1-3H3/b11-10+. The largest absolute Gasteiger partial charge is 0.496 e. The van der Waals surface area contributed by atoms with Crippen LogP contribution in [0.1, 0.15) is 30.5 Å². The summed E-state index contributed by atoms with van der Waals surface area (Å²) in [5, 5.41) is 6.91. The van der Waals surface area contributed by atoms with E-state index in [0.717, 1.165) is 48.7 Å². The second kappa shape index (κ2) is 10.8. The fourth-order valence-corrected chi connectivity index (χ4v) is 3.33. The van der Waals surface area contributed by atoms with E-state index in [1.165, 1.54) is 11.1 Å². The minimum Gasteiger partial charge on any atom is -0.496 e. The maximum atomic E-state index is 6.30. The van der Waals surface area contributed by atoms with Crippen LogP contribution >= 0.6 is 0 Å². The van der Waals surface area contributed by atoms with E-state index >= 15 is 0 Å². The van der Waals surface area contributed by atoms with Crippen LogP contribution in [0.25, 0.3) is 12.2 Å². The van der Waals surface area contributed by atoms with Crippen molar-refractivity contribution in [1.82, 2.24) is 10.6 Å². The summed E-state index contributed by atoms with van der Waals surface area (Å²) in [5.41, 5.74) is 4.61. The van der Waals surface area contributed by atoms with Crippen LogP contribution in [0.4, 0.5) is 0 Å². The van der Waals surface area contributed by atoms with Crippen LogP contribution in [0, 0.1) is 0 Å². The van der Waals surface area contributed by atoms with E-state index < -0.39 is 0 Å². The van der Waals surface area contributed by atoms with Gasteiger partial charge in [-0.1, -0.05) is 54.1 Å². The Balaban J connectivity index is 1.87. The molecular weight excluding hydrogens is 360 g/mol. The van der Waals surface area contributed by atoms with Gasteiger partial charge in [0.15, 0.2) is 0 Å². The molecule has 1 aliphatic heterocycles. The zero-order chi connectivity index (χ0) is 20.5. The second-order valence-corrected chi connectivity index (χ2v) is 7.60. The number of rotatable bonds is 8. The van der Waals surface area contributed by atoms with Gasteiger partial charge in [0.05, 0.1) is 13.2 Å². The second-order valence-electron chi connectivity index (χ2n) is 7.60. The average molecular weight is 393 g/mol. The molecule has 4 nitrogen and oxygen atoms in total. The van der Waals surface area contributed by atoms with E-state index in [-0.39, 0.29) is 0 Å². The molecule has 0 aliphatic carbocycles. The maximum Gasteiger partial charge on any atom is 0.127 e. The van der Waals surface area contributed by atoms with E-state index in [0.29, 0.717) is 12.6 Å². The van der Waals surface area contributed by atoms with E-state index in [9.17, 15) is 0 Å². The third-order valence-electron chi connectivity index (χ3n) is 4.96. The first-order valence-corrected chi connectivity index (χ1v) is 10.3. The van der Waals surface area contributed by atoms with Gasteiger partial charge in [0, 0.05) is 25.2 Å². The molecule has 154 valence electrons. The molecule has 2 aromatic carbocycles. The van der Waals surface area contributed by atoms with Gasteiger partial charge in [0.1, 0.15) is 18.1 Å². The van der Waals surface area contributed by atoms with Gasteiger partial charge in [-0.2, -0.15) is 0 Å². The summed E-state index contributed by atoms with van der Waals surface area (Å²) in [4.78, 5) is 0. The van der Waals surface area contributed by atoms with Crippen molar-refractivity contribution in [2.24, 2.45) is 0 Å². The maximum absolute atomic E-state index is 6.30. The Kier molecular flexibility index (Phi) is 7.91. The summed E-state index contributed by atoms with van der Waals surface area (Å²) in [5.74, 6) is 1.75. The lowest BCUT2D eigenvalue weighted by Crippen LogP contribution is -2.51.